The highest BCUT2D eigenvalue weighted by Gasteiger charge is 2.18. The van der Waals surface area contributed by atoms with Crippen LogP contribution in [0, 0.1) is 17.2 Å². The summed E-state index contributed by atoms with van der Waals surface area (Å²) < 4.78 is 2.12. The molecule has 2 rings (SSSR count). The molecule has 0 fully saturated rings. The largest absolute Gasteiger partial charge is 0.354 e. The normalized spacial score (nSPS) is 11.1. The molecular weight excluding hydrogens is 324 g/mol. The SMILES string of the molecule is CC(C)CN(CCC#N)c1nc2sccn2c1CBr. The minimum Gasteiger partial charge on any atom is -0.354 e. The van der Waals surface area contributed by atoms with Crippen LogP contribution in [0.3, 0.4) is 0 Å². The van der Waals surface area contributed by atoms with E-state index in [4.69, 9.17) is 10.2 Å². The second-order valence-corrected chi connectivity index (χ2v) is 6.25. The molecule has 0 aliphatic rings. The van der Waals surface area contributed by atoms with E-state index >= 15 is 0 Å². The van der Waals surface area contributed by atoms with Gasteiger partial charge in [0.1, 0.15) is 0 Å². The Balaban J connectivity index is 2.36. The van der Waals surface area contributed by atoms with Crippen molar-refractivity contribution in [2.45, 2.75) is 25.6 Å². The number of alkyl halides is 1. The van der Waals surface area contributed by atoms with E-state index in [0.717, 1.165) is 34.9 Å². The van der Waals surface area contributed by atoms with Crippen molar-refractivity contribution in [2.24, 2.45) is 5.92 Å². The Morgan fingerprint density at radius 3 is 3.00 bits per heavy atom. The third-order valence-electron chi connectivity index (χ3n) is 2.85. The Labute approximate surface area is 125 Å². The van der Waals surface area contributed by atoms with Crippen molar-refractivity contribution in [2.75, 3.05) is 18.0 Å². The molecule has 0 aromatic carbocycles. The topological polar surface area (TPSA) is 44.3 Å². The predicted octanol–water partition coefficient (Wildman–Crippen LogP) is 3.67. The van der Waals surface area contributed by atoms with Crippen molar-refractivity contribution in [3.63, 3.8) is 0 Å². The van der Waals surface area contributed by atoms with Crippen LogP contribution in [0.25, 0.3) is 4.96 Å². The first-order chi connectivity index (χ1) is 9.17. The fourth-order valence-electron chi connectivity index (χ4n) is 2.11. The van der Waals surface area contributed by atoms with Gasteiger partial charge in [0.05, 0.1) is 18.2 Å². The van der Waals surface area contributed by atoms with Gasteiger partial charge in [-0.15, -0.1) is 11.3 Å². The molecule has 2 heterocycles. The molecule has 0 N–H and O–H groups in total. The average molecular weight is 341 g/mol. The van der Waals surface area contributed by atoms with Gasteiger partial charge in [-0.1, -0.05) is 29.8 Å². The van der Waals surface area contributed by atoms with E-state index in [1.54, 1.807) is 11.3 Å². The van der Waals surface area contributed by atoms with Crippen molar-refractivity contribution in [3.8, 4) is 6.07 Å². The van der Waals surface area contributed by atoms with Crippen LogP contribution in [0.4, 0.5) is 5.82 Å². The third-order valence-corrected chi connectivity index (χ3v) is 4.13. The number of rotatable bonds is 6. The molecule has 0 amide bonds. The van der Waals surface area contributed by atoms with E-state index in [1.807, 2.05) is 11.6 Å². The second-order valence-electron chi connectivity index (χ2n) is 4.82. The summed E-state index contributed by atoms with van der Waals surface area (Å²) in [7, 11) is 0. The molecule has 0 saturated heterocycles. The quantitative estimate of drug-likeness (QED) is 0.753. The predicted molar refractivity (Wildman–Crippen MR) is 83.0 cm³/mol. The Kier molecular flexibility index (Phi) is 4.83. The highest BCUT2D eigenvalue weighted by molar-refractivity contribution is 9.08. The summed E-state index contributed by atoms with van der Waals surface area (Å²) in [5.41, 5.74) is 1.16. The highest BCUT2D eigenvalue weighted by atomic mass is 79.9. The molecule has 2 aromatic heterocycles. The lowest BCUT2D eigenvalue weighted by atomic mass is 10.2. The van der Waals surface area contributed by atoms with Crippen LogP contribution < -0.4 is 4.90 Å². The van der Waals surface area contributed by atoms with Gasteiger partial charge in [-0.3, -0.25) is 4.40 Å². The fraction of sp³-hybridized carbons (Fsp3) is 0.538. The number of fused-ring (bicyclic) bond motifs is 1. The van der Waals surface area contributed by atoms with Crippen molar-refractivity contribution < 1.29 is 0 Å². The van der Waals surface area contributed by atoms with Gasteiger partial charge in [-0.2, -0.15) is 5.26 Å². The molecule has 19 heavy (non-hydrogen) atoms. The number of nitriles is 1. The first-order valence-corrected chi connectivity index (χ1v) is 8.29. The number of hydrogen-bond donors (Lipinski definition) is 0. The molecule has 0 saturated carbocycles. The molecule has 0 aliphatic carbocycles. The lowest BCUT2D eigenvalue weighted by molar-refractivity contribution is 0.607. The van der Waals surface area contributed by atoms with Crippen LogP contribution in [0.15, 0.2) is 11.6 Å². The van der Waals surface area contributed by atoms with Crippen LogP contribution in [-0.4, -0.2) is 22.5 Å². The average Bonchev–Trinajstić information content (AvgIpc) is 2.93. The summed E-state index contributed by atoms with van der Waals surface area (Å²) in [4.78, 5) is 7.95. The van der Waals surface area contributed by atoms with Gasteiger partial charge in [0.15, 0.2) is 10.8 Å². The van der Waals surface area contributed by atoms with E-state index < -0.39 is 0 Å². The van der Waals surface area contributed by atoms with Crippen LogP contribution in [0.2, 0.25) is 0 Å². The van der Waals surface area contributed by atoms with Crippen LogP contribution in [-0.2, 0) is 5.33 Å². The van der Waals surface area contributed by atoms with E-state index in [-0.39, 0.29) is 0 Å². The maximum absolute atomic E-state index is 8.81. The molecule has 2 aromatic rings. The molecule has 0 spiro atoms. The van der Waals surface area contributed by atoms with Crippen molar-refractivity contribution in [1.82, 2.24) is 9.38 Å². The standard InChI is InChI=1S/C13H17BrN4S/c1-10(2)9-17(5-3-4-15)12-11(8-14)18-6-7-19-13(18)16-12/h6-7,10H,3,5,8-9H2,1-2H3. The van der Waals surface area contributed by atoms with Gasteiger partial charge in [0.2, 0.25) is 0 Å². The van der Waals surface area contributed by atoms with Crippen molar-refractivity contribution in [3.05, 3.63) is 17.3 Å². The Morgan fingerprint density at radius 1 is 1.58 bits per heavy atom. The van der Waals surface area contributed by atoms with Crippen LogP contribution in [0.5, 0.6) is 0 Å². The van der Waals surface area contributed by atoms with Crippen LogP contribution in [0.1, 0.15) is 26.0 Å². The monoisotopic (exact) mass is 340 g/mol. The van der Waals surface area contributed by atoms with E-state index in [9.17, 15) is 0 Å². The number of halogens is 1. The maximum atomic E-state index is 8.81. The third kappa shape index (κ3) is 3.10. The zero-order valence-corrected chi connectivity index (χ0v) is 13.5. The first-order valence-electron chi connectivity index (χ1n) is 6.29. The van der Waals surface area contributed by atoms with Gasteiger partial charge in [-0.05, 0) is 5.92 Å². The molecular formula is C13H17BrN4S. The zero-order valence-electron chi connectivity index (χ0n) is 11.1. The smallest absolute Gasteiger partial charge is 0.195 e. The number of anilines is 1. The summed E-state index contributed by atoms with van der Waals surface area (Å²) in [6.45, 7) is 6.03. The summed E-state index contributed by atoms with van der Waals surface area (Å²) in [6, 6.07) is 2.22. The summed E-state index contributed by atoms with van der Waals surface area (Å²) in [5.74, 6) is 1.55. The van der Waals surface area contributed by atoms with E-state index in [0.29, 0.717) is 12.3 Å². The summed E-state index contributed by atoms with van der Waals surface area (Å²) in [6.07, 6.45) is 2.57. The number of imidazole rings is 1. The lowest BCUT2D eigenvalue weighted by Crippen LogP contribution is -2.29. The molecule has 0 atom stereocenters. The molecule has 102 valence electrons. The van der Waals surface area contributed by atoms with Gasteiger partial charge in [0, 0.05) is 30.0 Å². The molecule has 4 nitrogen and oxygen atoms in total. The van der Waals surface area contributed by atoms with E-state index in [2.05, 4.69) is 45.1 Å². The van der Waals surface area contributed by atoms with Gasteiger partial charge < -0.3 is 4.90 Å². The summed E-state index contributed by atoms with van der Waals surface area (Å²) in [5, 5.41) is 11.6. The van der Waals surface area contributed by atoms with Gasteiger partial charge in [0.25, 0.3) is 0 Å². The maximum Gasteiger partial charge on any atom is 0.195 e. The molecule has 6 heteroatoms. The Bertz CT molecular complexity index is 581. The van der Waals surface area contributed by atoms with E-state index in [1.165, 1.54) is 0 Å². The minimum atomic E-state index is 0.527. The number of nitrogens with zero attached hydrogens (tertiary/aromatic N) is 4. The Morgan fingerprint density at radius 2 is 2.37 bits per heavy atom. The number of hydrogen-bond acceptors (Lipinski definition) is 4. The van der Waals surface area contributed by atoms with Crippen LogP contribution >= 0.6 is 27.3 Å². The number of thiazole rings is 1. The second kappa shape index (κ2) is 6.40. The molecule has 0 bridgehead atoms. The first kappa shape index (κ1) is 14.4. The summed E-state index contributed by atoms with van der Waals surface area (Å²) >= 11 is 5.19. The molecule has 0 aliphatic heterocycles. The lowest BCUT2D eigenvalue weighted by Gasteiger charge is -2.24. The Hall–Kier alpha value is -1.06. The molecule has 0 radical (unpaired) electrons. The van der Waals surface area contributed by atoms with Gasteiger partial charge in [-0.25, -0.2) is 4.98 Å². The van der Waals surface area contributed by atoms with Gasteiger partial charge >= 0.3 is 0 Å². The minimum absolute atomic E-state index is 0.527. The zero-order chi connectivity index (χ0) is 13.8. The van der Waals surface area contributed by atoms with Crippen molar-refractivity contribution >= 4 is 38.0 Å². The van der Waals surface area contributed by atoms with Crippen molar-refractivity contribution in [1.29, 1.82) is 5.26 Å². The number of aromatic nitrogens is 2. The molecule has 0 unspecified atom stereocenters. The highest BCUT2D eigenvalue weighted by Crippen LogP contribution is 2.27. The fourth-order valence-corrected chi connectivity index (χ4v) is 3.36.